The quantitative estimate of drug-likeness (QED) is 0.738. The number of aromatic nitrogens is 1. The van der Waals surface area contributed by atoms with Crippen LogP contribution in [0.15, 0.2) is 18.5 Å². The zero-order chi connectivity index (χ0) is 8.97. The van der Waals surface area contributed by atoms with E-state index in [1.165, 1.54) is 11.1 Å². The summed E-state index contributed by atoms with van der Waals surface area (Å²) < 4.78 is 0. The lowest BCUT2D eigenvalue weighted by Gasteiger charge is -2.07. The van der Waals surface area contributed by atoms with Gasteiger partial charge in [0.05, 0.1) is 0 Å². The monoisotopic (exact) mass is 164 g/mol. The smallest absolute Gasteiger partial charge is 0.0313 e. The molecule has 1 rings (SSSR count). The normalized spacial score (nSPS) is 10.7. The van der Waals surface area contributed by atoms with Crippen LogP contribution in [0.25, 0.3) is 0 Å². The van der Waals surface area contributed by atoms with Crippen LogP contribution in [0, 0.1) is 6.92 Å². The molecule has 0 saturated heterocycles. The number of nitrogens with zero attached hydrogens (tertiary/aromatic N) is 1. The number of pyridine rings is 1. The molecular weight excluding hydrogens is 148 g/mol. The van der Waals surface area contributed by atoms with E-state index in [-0.39, 0.29) is 0 Å². The maximum absolute atomic E-state index is 4.12. The van der Waals surface area contributed by atoms with Gasteiger partial charge in [-0.05, 0) is 18.1 Å². The van der Waals surface area contributed by atoms with Crippen LogP contribution in [0.2, 0.25) is 0 Å². The van der Waals surface area contributed by atoms with Gasteiger partial charge in [-0.25, -0.2) is 0 Å². The zero-order valence-corrected chi connectivity index (χ0v) is 7.96. The molecule has 0 bridgehead atoms. The molecular formula is C10H16N2. The van der Waals surface area contributed by atoms with Crippen molar-refractivity contribution in [2.75, 3.05) is 0 Å². The van der Waals surface area contributed by atoms with Crippen LogP contribution in [-0.2, 0) is 6.54 Å². The summed E-state index contributed by atoms with van der Waals surface area (Å²) in [6, 6.07) is 2.69. The molecule has 0 atom stereocenters. The summed E-state index contributed by atoms with van der Waals surface area (Å²) in [6.45, 7) is 7.25. The molecule has 1 heterocycles. The van der Waals surface area contributed by atoms with Crippen LogP contribution in [0.5, 0.6) is 0 Å². The summed E-state index contributed by atoms with van der Waals surface area (Å²) in [6.07, 6.45) is 3.78. The first-order valence-electron chi connectivity index (χ1n) is 4.32. The van der Waals surface area contributed by atoms with Gasteiger partial charge in [0.25, 0.3) is 0 Å². The van der Waals surface area contributed by atoms with Crippen molar-refractivity contribution < 1.29 is 0 Å². The molecule has 12 heavy (non-hydrogen) atoms. The first-order chi connectivity index (χ1) is 5.68. The Bertz CT molecular complexity index is 243. The average molecular weight is 164 g/mol. The first-order valence-corrected chi connectivity index (χ1v) is 4.32. The Labute approximate surface area is 74.0 Å². The fourth-order valence-corrected chi connectivity index (χ4v) is 1.04. The Balaban J connectivity index is 2.52. The molecule has 0 amide bonds. The lowest BCUT2D eigenvalue weighted by molar-refractivity contribution is 0.588. The topological polar surface area (TPSA) is 24.9 Å². The van der Waals surface area contributed by atoms with Gasteiger partial charge in [-0.3, -0.25) is 4.98 Å². The van der Waals surface area contributed by atoms with Crippen molar-refractivity contribution in [3.8, 4) is 0 Å². The lowest BCUT2D eigenvalue weighted by Crippen LogP contribution is -2.21. The second kappa shape index (κ2) is 4.21. The van der Waals surface area contributed by atoms with Gasteiger partial charge in [-0.1, -0.05) is 19.9 Å². The maximum Gasteiger partial charge on any atom is 0.0313 e. The molecule has 1 N–H and O–H groups in total. The summed E-state index contributed by atoms with van der Waals surface area (Å²) in [5.41, 5.74) is 2.47. The van der Waals surface area contributed by atoms with Crippen LogP contribution in [0.1, 0.15) is 25.0 Å². The van der Waals surface area contributed by atoms with Gasteiger partial charge in [0.15, 0.2) is 0 Å². The van der Waals surface area contributed by atoms with Crippen molar-refractivity contribution in [1.82, 2.24) is 10.3 Å². The van der Waals surface area contributed by atoms with Crippen molar-refractivity contribution in [1.29, 1.82) is 0 Å². The van der Waals surface area contributed by atoms with Crippen molar-refractivity contribution in [2.24, 2.45) is 0 Å². The highest BCUT2D eigenvalue weighted by Gasteiger charge is 1.95. The van der Waals surface area contributed by atoms with Gasteiger partial charge in [0.2, 0.25) is 0 Å². The van der Waals surface area contributed by atoms with Gasteiger partial charge in [0.1, 0.15) is 0 Å². The first kappa shape index (κ1) is 9.20. The number of hydrogen-bond acceptors (Lipinski definition) is 2. The highest BCUT2D eigenvalue weighted by atomic mass is 14.9. The summed E-state index contributed by atoms with van der Waals surface area (Å²) >= 11 is 0. The highest BCUT2D eigenvalue weighted by Crippen LogP contribution is 2.00. The van der Waals surface area contributed by atoms with E-state index in [2.05, 4.69) is 37.1 Å². The van der Waals surface area contributed by atoms with Gasteiger partial charge in [0, 0.05) is 25.0 Å². The molecule has 2 heteroatoms. The third kappa shape index (κ3) is 3.01. The molecule has 0 saturated carbocycles. The van der Waals surface area contributed by atoms with E-state index in [1.807, 2.05) is 12.4 Å². The summed E-state index contributed by atoms with van der Waals surface area (Å²) in [5.74, 6) is 0. The number of hydrogen-bond donors (Lipinski definition) is 1. The van der Waals surface area contributed by atoms with Crippen molar-refractivity contribution in [3.63, 3.8) is 0 Å². The van der Waals surface area contributed by atoms with Crippen LogP contribution < -0.4 is 5.32 Å². The second-order valence-corrected chi connectivity index (χ2v) is 3.41. The minimum absolute atomic E-state index is 0.533. The fourth-order valence-electron chi connectivity index (χ4n) is 1.04. The number of rotatable bonds is 3. The van der Waals surface area contributed by atoms with E-state index in [0.717, 1.165) is 6.54 Å². The SMILES string of the molecule is Cc1cncc(CNC(C)C)c1. The van der Waals surface area contributed by atoms with E-state index < -0.39 is 0 Å². The van der Waals surface area contributed by atoms with Crippen LogP contribution >= 0.6 is 0 Å². The van der Waals surface area contributed by atoms with E-state index in [9.17, 15) is 0 Å². The molecule has 0 aliphatic rings. The zero-order valence-electron chi connectivity index (χ0n) is 7.96. The van der Waals surface area contributed by atoms with Gasteiger partial charge >= 0.3 is 0 Å². The van der Waals surface area contributed by atoms with E-state index in [0.29, 0.717) is 6.04 Å². The predicted octanol–water partition coefficient (Wildman–Crippen LogP) is 1.89. The molecule has 0 aliphatic heterocycles. The summed E-state index contributed by atoms with van der Waals surface area (Å²) in [7, 11) is 0. The lowest BCUT2D eigenvalue weighted by atomic mass is 10.2. The van der Waals surface area contributed by atoms with E-state index in [4.69, 9.17) is 0 Å². The Morgan fingerprint density at radius 2 is 2.17 bits per heavy atom. The standard InChI is InChI=1S/C10H16N2/c1-8(2)12-7-10-4-9(3)5-11-6-10/h4-6,8,12H,7H2,1-3H3. The Morgan fingerprint density at radius 1 is 1.42 bits per heavy atom. The molecule has 0 unspecified atom stereocenters. The Morgan fingerprint density at radius 3 is 2.75 bits per heavy atom. The van der Waals surface area contributed by atoms with Crippen LogP contribution in [0.3, 0.4) is 0 Å². The van der Waals surface area contributed by atoms with Crippen LogP contribution in [0.4, 0.5) is 0 Å². The van der Waals surface area contributed by atoms with Gasteiger partial charge < -0.3 is 5.32 Å². The Hall–Kier alpha value is -0.890. The summed E-state index contributed by atoms with van der Waals surface area (Å²) in [4.78, 5) is 4.12. The molecule has 2 nitrogen and oxygen atoms in total. The minimum Gasteiger partial charge on any atom is -0.310 e. The largest absolute Gasteiger partial charge is 0.310 e. The minimum atomic E-state index is 0.533. The average Bonchev–Trinajstić information content (AvgIpc) is 2.01. The summed E-state index contributed by atoms with van der Waals surface area (Å²) in [5, 5.41) is 3.35. The Kier molecular flexibility index (Phi) is 3.23. The maximum atomic E-state index is 4.12. The third-order valence-electron chi connectivity index (χ3n) is 1.65. The van der Waals surface area contributed by atoms with E-state index >= 15 is 0 Å². The van der Waals surface area contributed by atoms with Crippen LogP contribution in [-0.4, -0.2) is 11.0 Å². The third-order valence-corrected chi connectivity index (χ3v) is 1.65. The second-order valence-electron chi connectivity index (χ2n) is 3.41. The van der Waals surface area contributed by atoms with Gasteiger partial charge in [-0.2, -0.15) is 0 Å². The molecule has 1 aromatic rings. The molecule has 0 aliphatic carbocycles. The molecule has 66 valence electrons. The predicted molar refractivity (Wildman–Crippen MR) is 50.9 cm³/mol. The fraction of sp³-hybridized carbons (Fsp3) is 0.500. The van der Waals surface area contributed by atoms with Crippen molar-refractivity contribution >= 4 is 0 Å². The van der Waals surface area contributed by atoms with E-state index in [1.54, 1.807) is 0 Å². The number of aryl methyl sites for hydroxylation is 1. The van der Waals surface area contributed by atoms with Gasteiger partial charge in [-0.15, -0.1) is 0 Å². The molecule has 1 aromatic heterocycles. The molecule has 0 spiro atoms. The van der Waals surface area contributed by atoms with Crippen molar-refractivity contribution in [3.05, 3.63) is 29.6 Å². The van der Waals surface area contributed by atoms with Crippen molar-refractivity contribution in [2.45, 2.75) is 33.4 Å². The highest BCUT2D eigenvalue weighted by molar-refractivity contribution is 5.16. The molecule has 0 radical (unpaired) electrons. The number of nitrogens with one attached hydrogen (secondary N) is 1. The molecule has 0 fully saturated rings. The molecule has 0 aromatic carbocycles.